The highest BCUT2D eigenvalue weighted by atomic mass is 35.5. The van der Waals surface area contributed by atoms with Crippen LogP contribution in [0.3, 0.4) is 0 Å². The van der Waals surface area contributed by atoms with Crippen molar-refractivity contribution in [3.8, 4) is 23.0 Å². The molecular weight excluding hydrogens is 468 g/mol. The molecule has 176 valence electrons. The SMILES string of the molecule is COc1c(Cl)cccc1Nc1c(-c2ccnc3cnc(OC4CC4)nc23)[nH]c2c1C(=O)N[C@H]1C[C@@H]21. The molecule has 3 aliphatic rings. The third-order valence-electron chi connectivity index (χ3n) is 6.69. The van der Waals surface area contributed by atoms with E-state index in [0.29, 0.717) is 44.8 Å². The molecule has 1 amide bonds. The molecule has 4 heterocycles. The van der Waals surface area contributed by atoms with Gasteiger partial charge in [0.15, 0.2) is 5.75 Å². The summed E-state index contributed by atoms with van der Waals surface area (Å²) in [6.07, 6.45) is 6.50. The lowest BCUT2D eigenvalue weighted by atomic mass is 10.0. The van der Waals surface area contributed by atoms with Gasteiger partial charge >= 0.3 is 6.01 Å². The number of ether oxygens (including phenoxy) is 2. The van der Waals surface area contributed by atoms with Crippen molar-refractivity contribution in [1.29, 1.82) is 0 Å². The number of amides is 1. The summed E-state index contributed by atoms with van der Waals surface area (Å²) >= 11 is 6.38. The van der Waals surface area contributed by atoms with E-state index in [1.165, 1.54) is 0 Å². The van der Waals surface area contributed by atoms with Crippen LogP contribution in [0.5, 0.6) is 11.8 Å². The summed E-state index contributed by atoms with van der Waals surface area (Å²) in [4.78, 5) is 30.2. The average molecular weight is 489 g/mol. The molecule has 0 spiro atoms. The fourth-order valence-electron chi connectivity index (χ4n) is 4.74. The molecule has 1 aliphatic heterocycles. The summed E-state index contributed by atoms with van der Waals surface area (Å²) < 4.78 is 11.4. The molecule has 35 heavy (non-hydrogen) atoms. The molecular formula is C25H21ClN6O3. The van der Waals surface area contributed by atoms with Gasteiger partial charge in [-0.05, 0) is 37.5 Å². The zero-order chi connectivity index (χ0) is 23.7. The fraction of sp³-hybridized carbons (Fsp3) is 0.280. The number of aromatic amines is 1. The second-order valence-electron chi connectivity index (χ2n) is 9.09. The Morgan fingerprint density at radius 2 is 2.09 bits per heavy atom. The number of fused-ring (bicyclic) bond motifs is 4. The standard InChI is InChI=1S/C25H21ClN6O3/c1-34-23-14(26)3-2-4-15(23)29-22-18-20(13-9-16(13)30-24(18)33)31-21(22)12-7-8-27-17-10-28-25(32-19(12)17)35-11-5-6-11/h2-4,7-8,10-11,13,16,29,31H,5-6,9H2,1H3,(H,30,33)/t13-,16+/m1/s1. The number of hydrogen-bond donors (Lipinski definition) is 3. The van der Waals surface area contributed by atoms with Crippen LogP contribution in [0.2, 0.25) is 5.02 Å². The predicted molar refractivity (Wildman–Crippen MR) is 131 cm³/mol. The molecule has 0 unspecified atom stereocenters. The molecule has 0 radical (unpaired) electrons. The van der Waals surface area contributed by atoms with Gasteiger partial charge in [0.2, 0.25) is 0 Å². The maximum atomic E-state index is 13.2. The molecule has 9 nitrogen and oxygen atoms in total. The van der Waals surface area contributed by atoms with Crippen LogP contribution < -0.4 is 20.1 Å². The van der Waals surface area contributed by atoms with Crippen molar-refractivity contribution in [3.05, 3.63) is 52.9 Å². The van der Waals surface area contributed by atoms with Crippen molar-refractivity contribution >= 4 is 39.9 Å². The number of halogens is 1. The Morgan fingerprint density at radius 3 is 2.91 bits per heavy atom. The van der Waals surface area contributed by atoms with Gasteiger partial charge in [-0.3, -0.25) is 9.78 Å². The molecule has 3 aromatic heterocycles. The average Bonchev–Trinajstić information content (AvgIpc) is 3.78. The van der Waals surface area contributed by atoms with Crippen LogP contribution in [-0.4, -0.2) is 45.1 Å². The van der Waals surface area contributed by atoms with Gasteiger partial charge < -0.3 is 25.1 Å². The number of pyridine rings is 1. The van der Waals surface area contributed by atoms with Gasteiger partial charge in [0.1, 0.15) is 17.1 Å². The van der Waals surface area contributed by atoms with Crippen molar-refractivity contribution < 1.29 is 14.3 Å². The molecule has 7 rings (SSSR count). The summed E-state index contributed by atoms with van der Waals surface area (Å²) in [5.74, 6) is 0.642. The minimum absolute atomic E-state index is 0.115. The van der Waals surface area contributed by atoms with E-state index in [4.69, 9.17) is 26.1 Å². The highest BCUT2D eigenvalue weighted by molar-refractivity contribution is 6.32. The van der Waals surface area contributed by atoms with Gasteiger partial charge in [-0.25, -0.2) is 4.98 Å². The first-order valence-corrected chi connectivity index (χ1v) is 11.9. The first kappa shape index (κ1) is 20.5. The molecule has 0 bridgehead atoms. The Kier molecular flexibility index (Phi) is 4.44. The van der Waals surface area contributed by atoms with E-state index in [-0.39, 0.29) is 24.0 Å². The van der Waals surface area contributed by atoms with E-state index >= 15 is 0 Å². The summed E-state index contributed by atoms with van der Waals surface area (Å²) in [6.45, 7) is 0. The van der Waals surface area contributed by atoms with Gasteiger partial charge in [-0.2, -0.15) is 4.98 Å². The van der Waals surface area contributed by atoms with Crippen LogP contribution >= 0.6 is 11.6 Å². The first-order chi connectivity index (χ1) is 17.1. The summed E-state index contributed by atoms with van der Waals surface area (Å²) in [7, 11) is 1.57. The van der Waals surface area contributed by atoms with Crippen LogP contribution in [-0.2, 0) is 0 Å². The maximum Gasteiger partial charge on any atom is 0.317 e. The lowest BCUT2D eigenvalue weighted by Crippen LogP contribution is -2.31. The second kappa shape index (κ2) is 7.58. The van der Waals surface area contributed by atoms with Crippen molar-refractivity contribution in [1.82, 2.24) is 25.3 Å². The van der Waals surface area contributed by atoms with E-state index in [9.17, 15) is 4.79 Å². The Morgan fingerprint density at radius 1 is 1.20 bits per heavy atom. The number of aromatic nitrogens is 4. The van der Waals surface area contributed by atoms with E-state index in [0.717, 1.165) is 36.2 Å². The van der Waals surface area contributed by atoms with Crippen molar-refractivity contribution in [2.24, 2.45) is 0 Å². The van der Waals surface area contributed by atoms with Gasteiger partial charge in [0.25, 0.3) is 5.91 Å². The number of anilines is 2. The number of methoxy groups -OCH3 is 1. The Labute approximate surface area is 205 Å². The molecule has 1 aromatic carbocycles. The highest BCUT2D eigenvalue weighted by Gasteiger charge is 2.48. The van der Waals surface area contributed by atoms with Crippen molar-refractivity contribution in [2.45, 2.75) is 37.3 Å². The Hall–Kier alpha value is -3.85. The first-order valence-electron chi connectivity index (χ1n) is 11.6. The molecule has 10 heteroatoms. The number of carbonyl (C=O) groups excluding carboxylic acids is 1. The zero-order valence-electron chi connectivity index (χ0n) is 18.8. The number of carbonyl (C=O) groups is 1. The maximum absolute atomic E-state index is 13.2. The predicted octanol–water partition coefficient (Wildman–Crippen LogP) is 4.57. The van der Waals surface area contributed by atoms with Gasteiger partial charge in [-0.1, -0.05) is 17.7 Å². The lowest BCUT2D eigenvalue weighted by Gasteiger charge is -2.17. The number of benzene rings is 1. The Bertz CT molecular complexity index is 1510. The normalized spacial score (nSPS) is 20.1. The smallest absolute Gasteiger partial charge is 0.317 e. The number of para-hydroxylation sites is 1. The molecule has 4 aromatic rings. The van der Waals surface area contributed by atoms with Gasteiger partial charge in [-0.15, -0.1) is 0 Å². The summed E-state index contributed by atoms with van der Waals surface area (Å²) in [6, 6.07) is 7.84. The van der Waals surface area contributed by atoms with Gasteiger partial charge in [0.05, 0.1) is 41.0 Å². The second-order valence-corrected chi connectivity index (χ2v) is 9.50. The quantitative estimate of drug-likeness (QED) is 0.364. The molecule has 2 atom stereocenters. The van der Waals surface area contributed by atoms with Crippen LogP contribution in [0.15, 0.2) is 36.7 Å². The largest absolute Gasteiger partial charge is 0.493 e. The number of H-pyrrole nitrogens is 1. The van der Waals surface area contributed by atoms with Crippen molar-refractivity contribution in [2.75, 3.05) is 12.4 Å². The lowest BCUT2D eigenvalue weighted by molar-refractivity contribution is 0.0944. The third kappa shape index (κ3) is 3.37. The monoisotopic (exact) mass is 488 g/mol. The van der Waals surface area contributed by atoms with Gasteiger partial charge in [0, 0.05) is 29.4 Å². The van der Waals surface area contributed by atoms with Crippen molar-refractivity contribution in [3.63, 3.8) is 0 Å². The molecule has 2 aliphatic carbocycles. The number of rotatable bonds is 6. The highest BCUT2D eigenvalue weighted by Crippen LogP contribution is 2.50. The number of nitrogens with one attached hydrogen (secondary N) is 3. The third-order valence-corrected chi connectivity index (χ3v) is 6.99. The number of hydrogen-bond acceptors (Lipinski definition) is 7. The minimum Gasteiger partial charge on any atom is -0.493 e. The molecule has 0 saturated heterocycles. The topological polar surface area (TPSA) is 114 Å². The van der Waals surface area contributed by atoms with E-state index in [2.05, 4.69) is 25.6 Å². The summed E-state index contributed by atoms with van der Waals surface area (Å²) in [5, 5.41) is 7.01. The van der Waals surface area contributed by atoms with Crippen LogP contribution in [0, 0.1) is 0 Å². The van der Waals surface area contributed by atoms with Crippen LogP contribution in [0.1, 0.15) is 41.2 Å². The minimum atomic E-state index is -0.115. The zero-order valence-corrected chi connectivity index (χ0v) is 19.5. The number of nitrogens with zero attached hydrogens (tertiary/aromatic N) is 3. The molecule has 2 saturated carbocycles. The van der Waals surface area contributed by atoms with E-state index in [1.807, 2.05) is 18.2 Å². The van der Waals surface area contributed by atoms with Crippen LogP contribution in [0.25, 0.3) is 22.3 Å². The molecule has 2 fully saturated rings. The Balaban J connectivity index is 1.43. The fourth-order valence-corrected chi connectivity index (χ4v) is 4.99. The van der Waals surface area contributed by atoms with E-state index in [1.54, 1.807) is 25.6 Å². The summed E-state index contributed by atoms with van der Waals surface area (Å²) in [5.41, 5.74) is 5.62. The molecule has 3 N–H and O–H groups in total. The van der Waals surface area contributed by atoms with Crippen LogP contribution in [0.4, 0.5) is 11.4 Å². The van der Waals surface area contributed by atoms with E-state index < -0.39 is 0 Å².